The van der Waals surface area contributed by atoms with E-state index in [2.05, 4.69) is 26.1 Å². The molecule has 36 heavy (non-hydrogen) atoms. The van der Waals surface area contributed by atoms with Crippen LogP contribution >= 0.6 is 0 Å². The van der Waals surface area contributed by atoms with Crippen molar-refractivity contribution in [2.75, 3.05) is 0 Å². The molecule has 1 unspecified atom stereocenters. The molecule has 5 rings (SSSR count). The number of amides is 1. The van der Waals surface area contributed by atoms with E-state index >= 15 is 0 Å². The molecule has 0 bridgehead atoms. The van der Waals surface area contributed by atoms with Gasteiger partial charge in [0.25, 0.3) is 5.91 Å². The summed E-state index contributed by atoms with van der Waals surface area (Å²) in [5.74, 6) is 2.30. The van der Waals surface area contributed by atoms with Gasteiger partial charge in [-0.2, -0.15) is 0 Å². The minimum Gasteiger partial charge on any atom is -0.481 e. The van der Waals surface area contributed by atoms with E-state index in [4.69, 9.17) is 0 Å². The van der Waals surface area contributed by atoms with E-state index in [0.29, 0.717) is 35.5 Å². The summed E-state index contributed by atoms with van der Waals surface area (Å²) < 4.78 is 0. The van der Waals surface area contributed by atoms with Crippen LogP contribution in [0.2, 0.25) is 0 Å². The van der Waals surface area contributed by atoms with Crippen molar-refractivity contribution in [1.82, 2.24) is 5.32 Å². The summed E-state index contributed by atoms with van der Waals surface area (Å²) in [4.78, 5) is 24.6. The third-order valence-corrected chi connectivity index (χ3v) is 11.6. The molecule has 3 N–H and O–H groups in total. The van der Waals surface area contributed by atoms with Gasteiger partial charge < -0.3 is 15.5 Å². The third-order valence-electron chi connectivity index (χ3n) is 11.6. The van der Waals surface area contributed by atoms with Gasteiger partial charge in [0.1, 0.15) is 0 Å². The van der Waals surface area contributed by atoms with Gasteiger partial charge in [0.2, 0.25) is 0 Å². The van der Waals surface area contributed by atoms with Crippen molar-refractivity contribution in [2.24, 2.45) is 46.3 Å². The molecule has 4 saturated carbocycles. The highest BCUT2D eigenvalue weighted by atomic mass is 16.4. The molecule has 10 atom stereocenters. The molecule has 198 valence electrons. The second kappa shape index (κ2) is 9.78. The Kier molecular flexibility index (Phi) is 6.99. The van der Waals surface area contributed by atoms with Crippen molar-refractivity contribution in [3.63, 3.8) is 0 Å². The smallest absolute Gasteiger partial charge is 0.303 e. The van der Waals surface area contributed by atoms with Crippen LogP contribution in [0.15, 0.2) is 30.3 Å². The number of carbonyl (C=O) groups is 2. The van der Waals surface area contributed by atoms with Crippen molar-refractivity contribution in [2.45, 2.75) is 97.1 Å². The Morgan fingerprint density at radius 2 is 1.69 bits per heavy atom. The second-order valence-corrected chi connectivity index (χ2v) is 13.2. The van der Waals surface area contributed by atoms with Crippen molar-refractivity contribution in [3.05, 3.63) is 35.9 Å². The lowest BCUT2D eigenvalue weighted by Gasteiger charge is -2.63. The molecule has 5 nitrogen and oxygen atoms in total. The Morgan fingerprint density at radius 3 is 2.42 bits per heavy atom. The maximum atomic E-state index is 13.4. The molecule has 0 saturated heterocycles. The van der Waals surface area contributed by atoms with Gasteiger partial charge in [-0.1, -0.05) is 39.0 Å². The van der Waals surface area contributed by atoms with E-state index in [1.807, 2.05) is 30.3 Å². The van der Waals surface area contributed by atoms with Crippen molar-refractivity contribution >= 4 is 11.9 Å². The highest BCUT2D eigenvalue weighted by molar-refractivity contribution is 5.94. The number of carboxylic acids is 1. The fourth-order valence-corrected chi connectivity index (χ4v) is 9.76. The summed E-state index contributed by atoms with van der Waals surface area (Å²) in [6.07, 6.45) is 9.31. The third kappa shape index (κ3) is 4.40. The lowest BCUT2D eigenvalue weighted by atomic mass is 9.43. The highest BCUT2D eigenvalue weighted by Gasteiger charge is 2.63. The number of carboxylic acid groups (broad SMARTS) is 1. The molecule has 1 aromatic rings. The number of carbonyl (C=O) groups excluding carboxylic acids is 1. The van der Waals surface area contributed by atoms with E-state index in [1.165, 1.54) is 25.7 Å². The molecule has 4 aliphatic rings. The monoisotopic (exact) mass is 495 g/mol. The molecule has 4 aliphatic carbocycles. The summed E-state index contributed by atoms with van der Waals surface area (Å²) in [7, 11) is 0. The van der Waals surface area contributed by atoms with E-state index in [-0.39, 0.29) is 35.3 Å². The van der Waals surface area contributed by atoms with Gasteiger partial charge in [-0.05, 0) is 116 Å². The SMILES string of the molecule is CC(CCC(=O)O)[C@H]1CC[C@H]2[C@@H]3[C@@H](NC(=O)c4ccccc4)C[C@@H]4C[C@H](O)CC[C@]4(C)[C@H]3CC[C@]12C. The van der Waals surface area contributed by atoms with Crippen LogP contribution in [-0.2, 0) is 4.79 Å². The largest absolute Gasteiger partial charge is 0.481 e. The lowest BCUT2D eigenvalue weighted by Crippen LogP contribution is -2.62. The fourth-order valence-electron chi connectivity index (χ4n) is 9.76. The molecule has 5 heteroatoms. The van der Waals surface area contributed by atoms with Gasteiger partial charge in [-0.25, -0.2) is 0 Å². The minimum atomic E-state index is -0.695. The van der Waals surface area contributed by atoms with Gasteiger partial charge in [0, 0.05) is 18.0 Å². The summed E-state index contributed by atoms with van der Waals surface area (Å²) in [6, 6.07) is 9.70. The predicted octanol–water partition coefficient (Wildman–Crippen LogP) is 5.92. The zero-order valence-electron chi connectivity index (χ0n) is 22.3. The number of aliphatic hydroxyl groups excluding tert-OH is 1. The minimum absolute atomic E-state index is 0.0240. The van der Waals surface area contributed by atoms with Crippen LogP contribution in [0.5, 0.6) is 0 Å². The van der Waals surface area contributed by atoms with E-state index < -0.39 is 5.97 Å². The van der Waals surface area contributed by atoms with E-state index in [9.17, 15) is 19.8 Å². The lowest BCUT2D eigenvalue weighted by molar-refractivity contribution is -0.141. The maximum Gasteiger partial charge on any atom is 0.303 e. The molecule has 1 aromatic carbocycles. The first-order chi connectivity index (χ1) is 17.1. The number of rotatable bonds is 6. The predicted molar refractivity (Wildman–Crippen MR) is 140 cm³/mol. The Hall–Kier alpha value is -1.88. The molecular weight excluding hydrogens is 450 g/mol. The number of hydrogen-bond acceptors (Lipinski definition) is 3. The van der Waals surface area contributed by atoms with Crippen molar-refractivity contribution < 1.29 is 19.8 Å². The molecule has 0 aromatic heterocycles. The fraction of sp³-hybridized carbons (Fsp3) is 0.742. The van der Waals surface area contributed by atoms with Gasteiger partial charge in [-0.15, -0.1) is 0 Å². The van der Waals surface area contributed by atoms with E-state index in [0.717, 1.165) is 37.7 Å². The second-order valence-electron chi connectivity index (χ2n) is 13.2. The Labute approximate surface area is 216 Å². The normalized spacial score (nSPS) is 42.5. The van der Waals surface area contributed by atoms with Gasteiger partial charge in [-0.3, -0.25) is 9.59 Å². The topological polar surface area (TPSA) is 86.6 Å². The average Bonchev–Trinajstić information content (AvgIpc) is 3.21. The Bertz CT molecular complexity index is 965. The summed E-state index contributed by atoms with van der Waals surface area (Å²) in [5.41, 5.74) is 1.15. The Morgan fingerprint density at radius 1 is 1.00 bits per heavy atom. The summed E-state index contributed by atoms with van der Waals surface area (Å²) >= 11 is 0. The van der Waals surface area contributed by atoms with Crippen LogP contribution in [0.4, 0.5) is 0 Å². The molecule has 4 fully saturated rings. The molecule has 0 heterocycles. The first kappa shape index (κ1) is 25.8. The standard InChI is InChI=1S/C31H45NO4/c1-19(9-12-27(34)35)23-10-11-24-28-25(14-16-31(23,24)3)30(2)15-13-22(33)17-21(30)18-26(28)32-29(36)20-7-5-4-6-8-20/h4-8,19,21-26,28,33H,9-18H2,1-3H3,(H,32,36)(H,34,35)/t19?,21-,22+,23+,24-,25-,26-,28-,30-,31+/m0/s1. The zero-order valence-corrected chi connectivity index (χ0v) is 22.3. The maximum absolute atomic E-state index is 13.4. The molecule has 0 aliphatic heterocycles. The number of aliphatic hydroxyl groups is 1. The summed E-state index contributed by atoms with van der Waals surface area (Å²) in [6.45, 7) is 7.24. The first-order valence-electron chi connectivity index (χ1n) is 14.4. The van der Waals surface area contributed by atoms with Crippen LogP contribution in [0.25, 0.3) is 0 Å². The Balaban J connectivity index is 1.44. The van der Waals surface area contributed by atoms with Gasteiger partial charge >= 0.3 is 5.97 Å². The number of nitrogens with one attached hydrogen (secondary N) is 1. The molecule has 1 amide bonds. The number of aliphatic carboxylic acids is 1. The zero-order chi connectivity index (χ0) is 25.7. The molecule has 0 radical (unpaired) electrons. The van der Waals surface area contributed by atoms with Crippen LogP contribution in [0.1, 0.15) is 95.3 Å². The van der Waals surface area contributed by atoms with Gasteiger partial charge in [0.05, 0.1) is 6.10 Å². The number of benzene rings is 1. The number of hydrogen-bond donors (Lipinski definition) is 3. The molecule has 0 spiro atoms. The van der Waals surface area contributed by atoms with Crippen molar-refractivity contribution in [1.29, 1.82) is 0 Å². The quantitative estimate of drug-likeness (QED) is 0.457. The van der Waals surface area contributed by atoms with Crippen LogP contribution < -0.4 is 5.32 Å². The summed E-state index contributed by atoms with van der Waals surface area (Å²) in [5, 5.41) is 23.3. The van der Waals surface area contributed by atoms with E-state index in [1.54, 1.807) is 0 Å². The highest BCUT2D eigenvalue weighted by Crippen LogP contribution is 2.68. The number of fused-ring (bicyclic) bond motifs is 5. The van der Waals surface area contributed by atoms with Gasteiger partial charge in [0.15, 0.2) is 0 Å². The molecular formula is C31H45NO4. The first-order valence-corrected chi connectivity index (χ1v) is 14.4. The van der Waals surface area contributed by atoms with Crippen LogP contribution in [0, 0.1) is 46.3 Å². The van der Waals surface area contributed by atoms with Crippen LogP contribution in [0.3, 0.4) is 0 Å². The van der Waals surface area contributed by atoms with Crippen LogP contribution in [-0.4, -0.2) is 34.2 Å². The van der Waals surface area contributed by atoms with Crippen molar-refractivity contribution in [3.8, 4) is 0 Å². The average molecular weight is 496 g/mol.